The summed E-state index contributed by atoms with van der Waals surface area (Å²) in [6, 6.07) is 8.87. The molecule has 0 fully saturated rings. The van der Waals surface area contributed by atoms with Crippen LogP contribution in [0.25, 0.3) is 0 Å². The Hall–Kier alpha value is -0.270. The fourth-order valence-corrected chi connectivity index (χ4v) is 5.23. The summed E-state index contributed by atoms with van der Waals surface area (Å²) < 4.78 is 7.75. The quantitative estimate of drug-likeness (QED) is 0.597. The van der Waals surface area contributed by atoms with Crippen LogP contribution in [0, 0.1) is 2.88 Å². The molecule has 1 aliphatic rings. The standard InChI is InChI=1S/C15H15BrINOS/c1-19-11-6-9(16)5-10(7-11)18-13-3-2-4-14-12(13)8-15(17)20-14/h5-8,13,18H,2-4H2,1H3. The van der Waals surface area contributed by atoms with Gasteiger partial charge in [-0.05, 0) is 65.6 Å². The highest BCUT2D eigenvalue weighted by atomic mass is 127. The Labute approximate surface area is 145 Å². The molecule has 0 saturated heterocycles. The molecule has 1 atom stereocenters. The highest BCUT2D eigenvalue weighted by molar-refractivity contribution is 14.1. The largest absolute Gasteiger partial charge is 0.497 e. The van der Waals surface area contributed by atoms with Gasteiger partial charge in [-0.1, -0.05) is 15.9 Å². The van der Waals surface area contributed by atoms with Crippen molar-refractivity contribution in [1.29, 1.82) is 0 Å². The Balaban J connectivity index is 1.87. The summed E-state index contributed by atoms with van der Waals surface area (Å²) in [5.41, 5.74) is 2.58. The maximum atomic E-state index is 5.33. The van der Waals surface area contributed by atoms with E-state index < -0.39 is 0 Å². The van der Waals surface area contributed by atoms with Gasteiger partial charge in [0.25, 0.3) is 0 Å². The predicted octanol–water partition coefficient (Wildman–Crippen LogP) is 5.61. The molecule has 1 heterocycles. The van der Waals surface area contributed by atoms with Crippen molar-refractivity contribution in [3.63, 3.8) is 0 Å². The molecule has 20 heavy (non-hydrogen) atoms. The van der Waals surface area contributed by atoms with Gasteiger partial charge in [0.2, 0.25) is 0 Å². The number of hydrogen-bond acceptors (Lipinski definition) is 3. The Kier molecular flexibility index (Phi) is 4.57. The van der Waals surface area contributed by atoms with Crippen molar-refractivity contribution in [3.8, 4) is 5.75 Å². The van der Waals surface area contributed by atoms with Gasteiger partial charge in [0.15, 0.2) is 0 Å². The van der Waals surface area contributed by atoms with Crippen LogP contribution in [0.2, 0.25) is 0 Å². The number of ether oxygens (including phenoxy) is 1. The van der Waals surface area contributed by atoms with Crippen LogP contribution in [0.4, 0.5) is 5.69 Å². The van der Waals surface area contributed by atoms with Crippen molar-refractivity contribution in [3.05, 3.63) is 42.1 Å². The molecule has 1 aliphatic carbocycles. The first-order valence-corrected chi connectivity index (χ1v) is 9.24. The zero-order valence-corrected chi connectivity index (χ0v) is 15.6. The highest BCUT2D eigenvalue weighted by Crippen LogP contribution is 2.38. The average molecular weight is 464 g/mol. The third-order valence-corrected chi connectivity index (χ3v) is 5.96. The predicted molar refractivity (Wildman–Crippen MR) is 97.0 cm³/mol. The Morgan fingerprint density at radius 1 is 1.35 bits per heavy atom. The lowest BCUT2D eigenvalue weighted by atomic mass is 9.94. The molecule has 5 heteroatoms. The molecule has 3 rings (SSSR count). The number of hydrogen-bond donors (Lipinski definition) is 1. The minimum Gasteiger partial charge on any atom is -0.497 e. The van der Waals surface area contributed by atoms with E-state index in [0.29, 0.717) is 6.04 Å². The van der Waals surface area contributed by atoms with Gasteiger partial charge in [-0.25, -0.2) is 0 Å². The van der Waals surface area contributed by atoms with E-state index in [1.165, 1.54) is 27.7 Å². The molecule has 2 aromatic rings. The molecule has 0 bridgehead atoms. The van der Waals surface area contributed by atoms with Crippen LogP contribution in [0.3, 0.4) is 0 Å². The van der Waals surface area contributed by atoms with Crippen LogP contribution >= 0.6 is 49.9 Å². The van der Waals surface area contributed by atoms with Gasteiger partial charge in [0.05, 0.1) is 16.0 Å². The van der Waals surface area contributed by atoms with E-state index in [1.807, 2.05) is 17.4 Å². The van der Waals surface area contributed by atoms with Crippen LogP contribution in [0.5, 0.6) is 5.75 Å². The fraction of sp³-hybridized carbons (Fsp3) is 0.333. The minimum atomic E-state index is 0.414. The molecular formula is C15H15BrINOS. The molecular weight excluding hydrogens is 449 g/mol. The van der Waals surface area contributed by atoms with Crippen molar-refractivity contribution < 1.29 is 4.74 Å². The lowest BCUT2D eigenvalue weighted by molar-refractivity contribution is 0.414. The van der Waals surface area contributed by atoms with E-state index in [2.05, 4.69) is 62.0 Å². The summed E-state index contributed by atoms with van der Waals surface area (Å²) >= 11 is 7.88. The maximum Gasteiger partial charge on any atom is 0.122 e. The molecule has 1 unspecified atom stereocenters. The topological polar surface area (TPSA) is 21.3 Å². The second kappa shape index (κ2) is 6.23. The monoisotopic (exact) mass is 463 g/mol. The smallest absolute Gasteiger partial charge is 0.122 e. The van der Waals surface area contributed by atoms with Crippen molar-refractivity contribution in [2.45, 2.75) is 25.3 Å². The van der Waals surface area contributed by atoms with Gasteiger partial charge in [0.1, 0.15) is 5.75 Å². The van der Waals surface area contributed by atoms with E-state index in [1.54, 1.807) is 12.0 Å². The molecule has 2 nitrogen and oxygen atoms in total. The fourth-order valence-electron chi connectivity index (χ4n) is 2.64. The third-order valence-electron chi connectivity index (χ3n) is 3.53. The van der Waals surface area contributed by atoms with Crippen molar-refractivity contribution in [2.24, 2.45) is 0 Å². The number of rotatable bonds is 3. The van der Waals surface area contributed by atoms with Crippen LogP contribution in [-0.2, 0) is 6.42 Å². The molecule has 0 radical (unpaired) electrons. The van der Waals surface area contributed by atoms with Crippen molar-refractivity contribution in [2.75, 3.05) is 12.4 Å². The highest BCUT2D eigenvalue weighted by Gasteiger charge is 2.22. The van der Waals surface area contributed by atoms with Gasteiger partial charge in [-0.2, -0.15) is 0 Å². The second-order valence-electron chi connectivity index (χ2n) is 4.90. The lowest BCUT2D eigenvalue weighted by Crippen LogP contribution is -2.15. The van der Waals surface area contributed by atoms with Gasteiger partial charge >= 0.3 is 0 Å². The van der Waals surface area contributed by atoms with Gasteiger partial charge in [-0.15, -0.1) is 11.3 Å². The summed E-state index contributed by atoms with van der Waals surface area (Å²) in [4.78, 5) is 1.54. The number of thiophene rings is 1. The molecule has 0 aliphatic heterocycles. The van der Waals surface area contributed by atoms with Crippen LogP contribution in [0.1, 0.15) is 29.3 Å². The molecule has 0 spiro atoms. The maximum absolute atomic E-state index is 5.33. The summed E-state index contributed by atoms with van der Waals surface area (Å²) in [5, 5.41) is 3.66. The van der Waals surface area contributed by atoms with Crippen LogP contribution < -0.4 is 10.1 Å². The minimum absolute atomic E-state index is 0.414. The Morgan fingerprint density at radius 3 is 3.00 bits per heavy atom. The van der Waals surface area contributed by atoms with E-state index in [-0.39, 0.29) is 0 Å². The first-order valence-electron chi connectivity index (χ1n) is 6.55. The molecule has 1 N–H and O–H groups in total. The van der Waals surface area contributed by atoms with Gasteiger partial charge in [0, 0.05) is 21.1 Å². The lowest BCUT2D eigenvalue weighted by Gasteiger charge is -2.25. The van der Waals surface area contributed by atoms with E-state index >= 15 is 0 Å². The number of aryl methyl sites for hydroxylation is 1. The van der Waals surface area contributed by atoms with Crippen molar-refractivity contribution >= 4 is 55.5 Å². The zero-order chi connectivity index (χ0) is 14.1. The third kappa shape index (κ3) is 3.14. The van der Waals surface area contributed by atoms with Gasteiger partial charge in [-0.3, -0.25) is 0 Å². The first kappa shape index (κ1) is 14.7. The average Bonchev–Trinajstić information content (AvgIpc) is 2.79. The Bertz CT molecular complexity index is 628. The summed E-state index contributed by atoms with van der Waals surface area (Å²) in [6.45, 7) is 0. The number of halogens is 2. The summed E-state index contributed by atoms with van der Waals surface area (Å²) in [5.74, 6) is 0.873. The van der Waals surface area contributed by atoms with Crippen molar-refractivity contribution in [1.82, 2.24) is 0 Å². The number of nitrogens with one attached hydrogen (secondary N) is 1. The molecule has 0 saturated carbocycles. The number of benzene rings is 1. The molecule has 0 amide bonds. The van der Waals surface area contributed by atoms with Gasteiger partial charge < -0.3 is 10.1 Å². The summed E-state index contributed by atoms with van der Waals surface area (Å²) in [7, 11) is 1.70. The number of anilines is 1. The first-order chi connectivity index (χ1) is 9.65. The van der Waals surface area contributed by atoms with Crippen LogP contribution in [0.15, 0.2) is 28.7 Å². The number of fused-ring (bicyclic) bond motifs is 1. The molecule has 1 aromatic heterocycles. The molecule has 1 aromatic carbocycles. The van der Waals surface area contributed by atoms with Crippen LogP contribution in [-0.4, -0.2) is 7.11 Å². The Morgan fingerprint density at radius 2 is 2.20 bits per heavy atom. The SMILES string of the molecule is COc1cc(Br)cc(NC2CCCc3sc(I)cc32)c1. The zero-order valence-electron chi connectivity index (χ0n) is 11.1. The molecule has 106 valence electrons. The number of methoxy groups -OCH3 is 1. The van der Waals surface area contributed by atoms with E-state index in [0.717, 1.165) is 15.9 Å². The van der Waals surface area contributed by atoms with E-state index in [9.17, 15) is 0 Å². The normalized spacial score (nSPS) is 17.6. The van der Waals surface area contributed by atoms with E-state index in [4.69, 9.17) is 4.74 Å². The summed E-state index contributed by atoms with van der Waals surface area (Å²) in [6.07, 6.45) is 3.67. The second-order valence-corrected chi connectivity index (χ2v) is 8.84.